The number of ether oxygens (including phenoxy) is 1. The van der Waals surface area contributed by atoms with Crippen molar-refractivity contribution in [1.29, 1.82) is 5.26 Å². The predicted octanol–water partition coefficient (Wildman–Crippen LogP) is 4.20. The van der Waals surface area contributed by atoms with Gasteiger partial charge in [-0.1, -0.05) is 40.0 Å². The van der Waals surface area contributed by atoms with Crippen molar-refractivity contribution in [3.63, 3.8) is 0 Å². The van der Waals surface area contributed by atoms with E-state index in [-0.39, 0.29) is 5.57 Å². The molecule has 0 unspecified atom stereocenters. The minimum Gasteiger partial charge on any atom is -0.462 e. The molecule has 0 fully saturated rings. The molecule has 0 rings (SSSR count). The van der Waals surface area contributed by atoms with Crippen molar-refractivity contribution >= 4 is 5.97 Å². The van der Waals surface area contributed by atoms with Crippen LogP contribution in [0, 0.1) is 11.3 Å². The number of hydrogen-bond acceptors (Lipinski definition) is 4. The fourth-order valence-electron chi connectivity index (χ4n) is 2.02. The van der Waals surface area contributed by atoms with Crippen molar-refractivity contribution in [3.05, 3.63) is 23.9 Å². The number of hydrogen-bond donors (Lipinski definition) is 0. The molecule has 0 aromatic carbocycles. The highest BCUT2D eigenvalue weighted by atomic mass is 16.5. The molecule has 124 valence electrons. The normalized spacial score (nSPS) is 11.5. The van der Waals surface area contributed by atoms with Crippen molar-refractivity contribution in [2.75, 3.05) is 19.7 Å². The molecule has 0 saturated carbocycles. The highest BCUT2D eigenvalue weighted by Crippen LogP contribution is 2.03. The number of unbranched alkanes of at least 4 members (excludes halogenated alkanes) is 3. The molecule has 0 spiro atoms. The fraction of sp³-hybridized carbons (Fsp3) is 0.667. The van der Waals surface area contributed by atoms with Crippen LogP contribution in [0.3, 0.4) is 0 Å². The van der Waals surface area contributed by atoms with E-state index >= 15 is 0 Å². The van der Waals surface area contributed by atoms with Gasteiger partial charge in [-0.05, 0) is 37.6 Å². The van der Waals surface area contributed by atoms with Crippen molar-refractivity contribution < 1.29 is 9.53 Å². The molecule has 0 amide bonds. The van der Waals surface area contributed by atoms with Gasteiger partial charge in [0, 0.05) is 13.1 Å². The highest BCUT2D eigenvalue weighted by molar-refractivity contribution is 5.93. The Bertz CT molecular complexity index is 388. The molecule has 0 heterocycles. The first-order chi connectivity index (χ1) is 10.7. The van der Waals surface area contributed by atoms with E-state index in [1.807, 2.05) is 12.3 Å². The summed E-state index contributed by atoms with van der Waals surface area (Å²) in [6.45, 7) is 8.73. The summed E-state index contributed by atoms with van der Waals surface area (Å²) in [5.41, 5.74) is 0.0553. The minimum atomic E-state index is -0.527. The van der Waals surface area contributed by atoms with E-state index in [4.69, 9.17) is 10.00 Å². The lowest BCUT2D eigenvalue weighted by atomic mass is 10.2. The SMILES string of the molecule is CCCCCCOC(=O)/C(C#N)=C/C=C/N(CCC)CCC. The molecule has 22 heavy (non-hydrogen) atoms. The van der Waals surface area contributed by atoms with Crippen molar-refractivity contribution in [2.45, 2.75) is 59.3 Å². The van der Waals surface area contributed by atoms with Crippen LogP contribution in [0.15, 0.2) is 23.9 Å². The minimum absolute atomic E-state index is 0.0553. The Labute approximate surface area is 135 Å². The van der Waals surface area contributed by atoms with Crippen LogP contribution in [0.1, 0.15) is 59.3 Å². The highest BCUT2D eigenvalue weighted by Gasteiger charge is 2.08. The molecule has 4 nitrogen and oxygen atoms in total. The van der Waals surface area contributed by atoms with Crippen LogP contribution in [0.5, 0.6) is 0 Å². The van der Waals surface area contributed by atoms with E-state index in [0.29, 0.717) is 6.61 Å². The number of nitriles is 1. The van der Waals surface area contributed by atoms with Crippen LogP contribution in [0.25, 0.3) is 0 Å². The average molecular weight is 306 g/mol. The largest absolute Gasteiger partial charge is 0.462 e. The van der Waals surface area contributed by atoms with Crippen molar-refractivity contribution in [3.8, 4) is 6.07 Å². The fourth-order valence-corrected chi connectivity index (χ4v) is 2.02. The first-order valence-electron chi connectivity index (χ1n) is 8.39. The standard InChI is InChI=1S/C18H30N2O2/c1-4-7-8-9-15-22-18(21)17(16-19)11-10-14-20(12-5-2)13-6-3/h10-11,14H,4-9,12-13,15H2,1-3H3/b14-10+,17-11+. The summed E-state index contributed by atoms with van der Waals surface area (Å²) in [6, 6.07) is 1.91. The second kappa shape index (κ2) is 14.2. The Kier molecular flexibility index (Phi) is 13.1. The number of carbonyl (C=O) groups is 1. The van der Waals surface area contributed by atoms with Gasteiger partial charge in [0.15, 0.2) is 0 Å². The van der Waals surface area contributed by atoms with E-state index in [9.17, 15) is 4.79 Å². The van der Waals surface area contributed by atoms with E-state index < -0.39 is 5.97 Å². The Morgan fingerprint density at radius 1 is 1.09 bits per heavy atom. The molecule has 0 bridgehead atoms. The lowest BCUT2D eigenvalue weighted by molar-refractivity contribution is -0.138. The van der Waals surface area contributed by atoms with E-state index in [2.05, 4.69) is 25.7 Å². The zero-order valence-corrected chi connectivity index (χ0v) is 14.3. The topological polar surface area (TPSA) is 53.3 Å². The van der Waals surface area contributed by atoms with Gasteiger partial charge in [0.25, 0.3) is 0 Å². The van der Waals surface area contributed by atoms with Gasteiger partial charge in [0.1, 0.15) is 11.6 Å². The van der Waals surface area contributed by atoms with Crippen LogP contribution in [0.4, 0.5) is 0 Å². The predicted molar refractivity (Wildman–Crippen MR) is 90.1 cm³/mol. The van der Waals surface area contributed by atoms with Gasteiger partial charge >= 0.3 is 5.97 Å². The quantitative estimate of drug-likeness (QED) is 0.178. The van der Waals surface area contributed by atoms with Gasteiger partial charge in [-0.15, -0.1) is 0 Å². The molecule has 0 aliphatic rings. The third-order valence-electron chi connectivity index (χ3n) is 3.15. The van der Waals surface area contributed by atoms with Gasteiger partial charge in [0.2, 0.25) is 0 Å². The Morgan fingerprint density at radius 2 is 1.77 bits per heavy atom. The Hall–Kier alpha value is -1.76. The number of rotatable bonds is 12. The zero-order chi connectivity index (χ0) is 16.6. The number of nitrogens with zero attached hydrogens (tertiary/aromatic N) is 2. The summed E-state index contributed by atoms with van der Waals surface area (Å²) >= 11 is 0. The first kappa shape index (κ1) is 20.2. The second-order valence-corrected chi connectivity index (χ2v) is 5.27. The van der Waals surface area contributed by atoms with Gasteiger partial charge in [-0.25, -0.2) is 4.79 Å². The molecular formula is C18H30N2O2. The van der Waals surface area contributed by atoms with E-state index in [1.54, 1.807) is 6.08 Å². The molecule has 0 aliphatic carbocycles. The lowest BCUT2D eigenvalue weighted by Crippen LogP contribution is -2.18. The molecule has 0 saturated heterocycles. The van der Waals surface area contributed by atoms with Crippen LogP contribution < -0.4 is 0 Å². The summed E-state index contributed by atoms with van der Waals surface area (Å²) < 4.78 is 5.12. The van der Waals surface area contributed by atoms with Crippen LogP contribution >= 0.6 is 0 Å². The molecule has 0 atom stereocenters. The van der Waals surface area contributed by atoms with E-state index in [1.165, 1.54) is 6.08 Å². The molecule has 0 aromatic rings. The van der Waals surface area contributed by atoms with Gasteiger partial charge in [-0.3, -0.25) is 0 Å². The maximum absolute atomic E-state index is 11.8. The maximum atomic E-state index is 11.8. The second-order valence-electron chi connectivity index (χ2n) is 5.27. The summed E-state index contributed by atoms with van der Waals surface area (Å²) in [7, 11) is 0. The van der Waals surface area contributed by atoms with E-state index in [0.717, 1.165) is 51.6 Å². The molecule has 0 N–H and O–H groups in total. The number of allylic oxidation sites excluding steroid dienone is 2. The molecular weight excluding hydrogens is 276 g/mol. The average Bonchev–Trinajstić information content (AvgIpc) is 2.51. The first-order valence-corrected chi connectivity index (χ1v) is 8.39. The number of esters is 1. The number of carbonyl (C=O) groups excluding carboxylic acids is 1. The van der Waals surface area contributed by atoms with Gasteiger partial charge in [0.05, 0.1) is 6.61 Å². The van der Waals surface area contributed by atoms with Crippen LogP contribution in [0.2, 0.25) is 0 Å². The van der Waals surface area contributed by atoms with Crippen molar-refractivity contribution in [2.24, 2.45) is 0 Å². The van der Waals surface area contributed by atoms with Gasteiger partial charge < -0.3 is 9.64 Å². The molecule has 0 aliphatic heterocycles. The summed E-state index contributed by atoms with van der Waals surface area (Å²) in [5.74, 6) is -0.527. The smallest absolute Gasteiger partial charge is 0.348 e. The molecule has 0 aromatic heterocycles. The molecule has 0 radical (unpaired) electrons. The Morgan fingerprint density at radius 3 is 2.32 bits per heavy atom. The maximum Gasteiger partial charge on any atom is 0.348 e. The summed E-state index contributed by atoms with van der Waals surface area (Å²) in [4.78, 5) is 14.0. The lowest BCUT2D eigenvalue weighted by Gasteiger charge is -2.17. The molecule has 4 heteroatoms. The summed E-state index contributed by atoms with van der Waals surface area (Å²) in [6.07, 6.45) is 11.6. The monoisotopic (exact) mass is 306 g/mol. The Balaban J connectivity index is 4.35. The van der Waals surface area contributed by atoms with Crippen LogP contribution in [-0.4, -0.2) is 30.6 Å². The van der Waals surface area contributed by atoms with Crippen molar-refractivity contribution in [1.82, 2.24) is 4.90 Å². The van der Waals surface area contributed by atoms with Crippen LogP contribution in [-0.2, 0) is 9.53 Å². The van der Waals surface area contributed by atoms with Gasteiger partial charge in [-0.2, -0.15) is 5.26 Å². The third kappa shape index (κ3) is 10.0. The zero-order valence-electron chi connectivity index (χ0n) is 14.3. The third-order valence-corrected chi connectivity index (χ3v) is 3.15. The summed E-state index contributed by atoms with van der Waals surface area (Å²) in [5, 5.41) is 9.04.